The lowest BCUT2D eigenvalue weighted by Crippen LogP contribution is -2.25. The summed E-state index contributed by atoms with van der Waals surface area (Å²) in [4.78, 5) is 11.7. The van der Waals surface area contributed by atoms with Crippen molar-refractivity contribution in [3.63, 3.8) is 0 Å². The van der Waals surface area contributed by atoms with E-state index < -0.39 is 0 Å². The molecule has 94 valence electrons. The van der Waals surface area contributed by atoms with Crippen molar-refractivity contribution in [2.45, 2.75) is 46.1 Å². The Morgan fingerprint density at radius 1 is 1.18 bits per heavy atom. The fourth-order valence-corrected chi connectivity index (χ4v) is 1.71. The Hall–Kier alpha value is -1.15. The zero-order chi connectivity index (χ0) is 12.7. The molecule has 0 bridgehead atoms. The third kappa shape index (κ3) is 5.64. The quantitative estimate of drug-likeness (QED) is 0.784. The molecule has 2 nitrogen and oxygen atoms in total. The summed E-state index contributed by atoms with van der Waals surface area (Å²) in [7, 11) is 0. The van der Waals surface area contributed by atoms with Crippen LogP contribution in [0, 0.1) is 0 Å². The zero-order valence-electron chi connectivity index (χ0n) is 11.1. The van der Waals surface area contributed by atoms with Crippen molar-refractivity contribution in [2.75, 3.05) is 6.54 Å². The summed E-state index contributed by atoms with van der Waals surface area (Å²) >= 11 is 0. The Morgan fingerprint density at radius 2 is 1.76 bits per heavy atom. The first-order valence-corrected chi connectivity index (χ1v) is 6.44. The maximum Gasteiger partial charge on any atom is 0.138 e. The number of ketones is 1. The van der Waals surface area contributed by atoms with E-state index >= 15 is 0 Å². The molecule has 0 aliphatic heterocycles. The number of hydrogen-bond donors (Lipinski definition) is 1. The van der Waals surface area contributed by atoms with Crippen molar-refractivity contribution in [3.8, 4) is 0 Å². The topological polar surface area (TPSA) is 29.1 Å². The van der Waals surface area contributed by atoms with Crippen LogP contribution in [0.5, 0.6) is 0 Å². The second-order valence-electron chi connectivity index (χ2n) is 4.74. The fourth-order valence-electron chi connectivity index (χ4n) is 1.71. The van der Waals surface area contributed by atoms with E-state index in [0.717, 1.165) is 18.5 Å². The van der Waals surface area contributed by atoms with E-state index in [2.05, 4.69) is 50.4 Å². The molecule has 1 aromatic rings. The van der Waals surface area contributed by atoms with Crippen LogP contribution >= 0.6 is 0 Å². The molecular weight excluding hydrogens is 210 g/mol. The molecule has 0 unspecified atom stereocenters. The highest BCUT2D eigenvalue weighted by molar-refractivity contribution is 5.81. The average molecular weight is 233 g/mol. The number of hydrogen-bond acceptors (Lipinski definition) is 2. The molecule has 1 N–H and O–H groups in total. The number of aryl methyl sites for hydroxylation is 1. The molecule has 0 atom stereocenters. The van der Waals surface area contributed by atoms with Gasteiger partial charge >= 0.3 is 0 Å². The van der Waals surface area contributed by atoms with Gasteiger partial charge in [0.25, 0.3) is 0 Å². The van der Waals surface area contributed by atoms with Crippen LogP contribution in [0.1, 0.15) is 38.3 Å². The van der Waals surface area contributed by atoms with Crippen LogP contribution in [0.25, 0.3) is 0 Å². The highest BCUT2D eigenvalue weighted by Crippen LogP contribution is 2.06. The lowest BCUT2D eigenvalue weighted by atomic mass is 10.0. The summed E-state index contributed by atoms with van der Waals surface area (Å²) < 4.78 is 0. The van der Waals surface area contributed by atoms with Gasteiger partial charge < -0.3 is 5.32 Å². The molecule has 1 aromatic carbocycles. The van der Waals surface area contributed by atoms with Crippen LogP contribution in [-0.4, -0.2) is 18.4 Å². The smallest absolute Gasteiger partial charge is 0.138 e. The number of nitrogens with one attached hydrogen (secondary N) is 1. The first-order valence-electron chi connectivity index (χ1n) is 6.44. The van der Waals surface area contributed by atoms with Gasteiger partial charge in [0.15, 0.2) is 0 Å². The Labute approximate surface area is 104 Å². The minimum Gasteiger partial charge on any atom is -0.314 e. The van der Waals surface area contributed by atoms with Gasteiger partial charge in [-0.15, -0.1) is 0 Å². The zero-order valence-corrected chi connectivity index (χ0v) is 11.1. The SMILES string of the molecule is CCc1ccc(CC(=O)CCNC(C)C)cc1. The summed E-state index contributed by atoms with van der Waals surface area (Å²) in [6, 6.07) is 8.79. The van der Waals surface area contributed by atoms with Gasteiger partial charge in [0.1, 0.15) is 5.78 Å². The number of benzene rings is 1. The highest BCUT2D eigenvalue weighted by atomic mass is 16.1. The molecule has 0 spiro atoms. The summed E-state index contributed by atoms with van der Waals surface area (Å²) in [5, 5.41) is 3.26. The van der Waals surface area contributed by atoms with Crippen molar-refractivity contribution >= 4 is 5.78 Å². The second-order valence-corrected chi connectivity index (χ2v) is 4.74. The first-order chi connectivity index (χ1) is 8.11. The van der Waals surface area contributed by atoms with E-state index in [1.807, 2.05) is 0 Å². The highest BCUT2D eigenvalue weighted by Gasteiger charge is 2.04. The van der Waals surface area contributed by atoms with Crippen LogP contribution in [0.4, 0.5) is 0 Å². The Kier molecular flexibility index (Phi) is 5.92. The van der Waals surface area contributed by atoms with Gasteiger partial charge in [-0.05, 0) is 17.5 Å². The van der Waals surface area contributed by atoms with Crippen LogP contribution < -0.4 is 5.32 Å². The minimum absolute atomic E-state index is 0.308. The van der Waals surface area contributed by atoms with Gasteiger partial charge in [-0.25, -0.2) is 0 Å². The molecule has 0 aliphatic carbocycles. The van der Waals surface area contributed by atoms with Crippen molar-refractivity contribution in [2.24, 2.45) is 0 Å². The molecular formula is C15H23NO. The lowest BCUT2D eigenvalue weighted by Gasteiger charge is -2.07. The van der Waals surface area contributed by atoms with Gasteiger partial charge in [0.2, 0.25) is 0 Å². The van der Waals surface area contributed by atoms with Gasteiger partial charge in [-0.1, -0.05) is 45.0 Å². The number of rotatable bonds is 7. The van der Waals surface area contributed by atoms with Crippen LogP contribution in [0.3, 0.4) is 0 Å². The molecule has 0 radical (unpaired) electrons. The molecule has 17 heavy (non-hydrogen) atoms. The molecule has 2 heteroatoms. The van der Waals surface area contributed by atoms with Gasteiger partial charge in [-0.3, -0.25) is 4.79 Å². The molecule has 0 aromatic heterocycles. The van der Waals surface area contributed by atoms with Crippen molar-refractivity contribution in [3.05, 3.63) is 35.4 Å². The van der Waals surface area contributed by atoms with E-state index in [1.165, 1.54) is 5.56 Å². The van der Waals surface area contributed by atoms with E-state index in [4.69, 9.17) is 0 Å². The molecule has 0 fully saturated rings. The van der Waals surface area contributed by atoms with E-state index in [0.29, 0.717) is 24.7 Å². The molecule has 0 heterocycles. The fraction of sp³-hybridized carbons (Fsp3) is 0.533. The van der Waals surface area contributed by atoms with Crippen molar-refractivity contribution in [1.29, 1.82) is 0 Å². The summed E-state index contributed by atoms with van der Waals surface area (Å²) in [6.07, 6.45) is 2.23. The predicted octanol–water partition coefficient (Wildman–Crippen LogP) is 2.75. The van der Waals surface area contributed by atoms with Crippen LogP contribution in [0.15, 0.2) is 24.3 Å². The molecule has 0 aliphatic rings. The van der Waals surface area contributed by atoms with E-state index in [9.17, 15) is 4.79 Å². The average Bonchev–Trinajstić information content (AvgIpc) is 2.29. The molecule has 0 saturated heterocycles. The Morgan fingerprint density at radius 3 is 2.29 bits per heavy atom. The maximum atomic E-state index is 11.7. The van der Waals surface area contributed by atoms with Gasteiger partial charge in [-0.2, -0.15) is 0 Å². The van der Waals surface area contributed by atoms with E-state index in [1.54, 1.807) is 0 Å². The van der Waals surface area contributed by atoms with Crippen molar-refractivity contribution in [1.82, 2.24) is 5.32 Å². The first kappa shape index (κ1) is 13.9. The Balaban J connectivity index is 2.34. The monoisotopic (exact) mass is 233 g/mol. The van der Waals surface area contributed by atoms with Crippen molar-refractivity contribution < 1.29 is 4.79 Å². The molecule has 1 rings (SSSR count). The number of carbonyl (C=O) groups excluding carboxylic acids is 1. The third-order valence-corrected chi connectivity index (χ3v) is 2.79. The minimum atomic E-state index is 0.308. The van der Waals surface area contributed by atoms with E-state index in [-0.39, 0.29) is 0 Å². The summed E-state index contributed by atoms with van der Waals surface area (Å²) in [6.45, 7) is 7.10. The normalized spacial score (nSPS) is 10.8. The number of Topliss-reactive ketones (excluding diaryl/α,β-unsaturated/α-hetero) is 1. The van der Waals surface area contributed by atoms with Crippen LogP contribution in [0.2, 0.25) is 0 Å². The molecule has 0 saturated carbocycles. The Bertz CT molecular complexity index is 340. The second kappa shape index (κ2) is 7.23. The number of carbonyl (C=O) groups is 1. The largest absolute Gasteiger partial charge is 0.314 e. The lowest BCUT2D eigenvalue weighted by molar-refractivity contribution is -0.118. The van der Waals surface area contributed by atoms with Gasteiger partial charge in [0.05, 0.1) is 0 Å². The summed E-state index contributed by atoms with van der Waals surface area (Å²) in [5.74, 6) is 0.308. The molecule has 0 amide bonds. The summed E-state index contributed by atoms with van der Waals surface area (Å²) in [5.41, 5.74) is 2.44. The predicted molar refractivity (Wildman–Crippen MR) is 72.3 cm³/mol. The maximum absolute atomic E-state index is 11.7. The standard InChI is InChI=1S/C15H23NO/c1-4-13-5-7-14(8-6-13)11-15(17)9-10-16-12(2)3/h5-8,12,16H,4,9-11H2,1-3H3. The third-order valence-electron chi connectivity index (χ3n) is 2.79. The van der Waals surface area contributed by atoms with Crippen LogP contribution in [-0.2, 0) is 17.6 Å². The van der Waals surface area contributed by atoms with Gasteiger partial charge in [0, 0.05) is 25.4 Å².